The van der Waals surface area contributed by atoms with E-state index in [1.54, 1.807) is 0 Å². The summed E-state index contributed by atoms with van der Waals surface area (Å²) >= 11 is 0. The largest absolute Gasteiger partial charge is 0.330 e. The van der Waals surface area contributed by atoms with E-state index >= 15 is 0 Å². The van der Waals surface area contributed by atoms with Gasteiger partial charge in [0.05, 0.1) is 0 Å². The van der Waals surface area contributed by atoms with Crippen LogP contribution in [0.1, 0.15) is 24.8 Å². The molecule has 0 aliphatic carbocycles. The molecule has 0 fully saturated rings. The summed E-state index contributed by atoms with van der Waals surface area (Å²) in [4.78, 5) is 9.28. The molecule has 0 aromatic heterocycles. The molecule has 0 saturated carbocycles. The normalized spacial score (nSPS) is 12.1. The van der Waals surface area contributed by atoms with Gasteiger partial charge in [-0.1, -0.05) is 6.42 Å². The van der Waals surface area contributed by atoms with Crippen LogP contribution in [0.3, 0.4) is 0 Å². The van der Waals surface area contributed by atoms with Crippen LogP contribution in [0.2, 0.25) is 0 Å². The Bertz CT molecular complexity index is 933. The van der Waals surface area contributed by atoms with Gasteiger partial charge in [-0.05, 0) is 25.9 Å². The smallest absolute Gasteiger partial charge is 0.200 e. The summed E-state index contributed by atoms with van der Waals surface area (Å²) in [6, 6.07) is 0. The molecule has 0 bridgehead atoms. The van der Waals surface area contributed by atoms with Crippen molar-refractivity contribution in [1.82, 2.24) is 35.6 Å². The first-order valence-corrected chi connectivity index (χ1v) is 17.8. The van der Waals surface area contributed by atoms with Gasteiger partial charge in [-0.25, -0.2) is 22.0 Å². The van der Waals surface area contributed by atoms with Crippen LogP contribution in [0.4, 0.5) is 22.0 Å². The Labute approximate surface area is 290 Å². The zero-order valence-corrected chi connectivity index (χ0v) is 29.5. The molecule has 1 rings (SSSR count). The van der Waals surface area contributed by atoms with E-state index in [-0.39, 0.29) is 6.54 Å². The fraction of sp³-hybridized carbons (Fsp3) is 0.812. The standard InChI is InChI=1S/C32H65F5N12/c33-28-27(29(34)31(36)32(37)30(28)35)26-45-13-21-48(17-8-42)24-22-46(14-3-1-2-4-38)23-25-49(19-10-43-9-5-39)20-12-44-11-18-47(15-6-40)16-7-41/h43-45H,1-26,38-42H2. The third-order valence-corrected chi connectivity index (χ3v) is 8.32. The lowest BCUT2D eigenvalue weighted by Crippen LogP contribution is -2.45. The molecule has 1 aromatic rings. The molecule has 49 heavy (non-hydrogen) atoms. The van der Waals surface area contributed by atoms with Crippen LogP contribution in [0, 0.1) is 29.1 Å². The van der Waals surface area contributed by atoms with Gasteiger partial charge in [-0.2, -0.15) is 0 Å². The van der Waals surface area contributed by atoms with Crippen LogP contribution in [0.15, 0.2) is 0 Å². The third-order valence-electron chi connectivity index (χ3n) is 8.32. The molecule has 0 heterocycles. The first kappa shape index (κ1) is 45.4. The number of hydrogen-bond acceptors (Lipinski definition) is 12. The Morgan fingerprint density at radius 3 is 1.18 bits per heavy atom. The monoisotopic (exact) mass is 713 g/mol. The highest BCUT2D eigenvalue weighted by Gasteiger charge is 2.25. The van der Waals surface area contributed by atoms with Crippen LogP contribution in [-0.2, 0) is 6.54 Å². The van der Waals surface area contributed by atoms with Crippen LogP contribution >= 0.6 is 0 Å². The molecule has 12 nitrogen and oxygen atoms in total. The van der Waals surface area contributed by atoms with Gasteiger partial charge in [-0.3, -0.25) is 14.7 Å². The summed E-state index contributed by atoms with van der Waals surface area (Å²) in [5, 5.41) is 9.75. The van der Waals surface area contributed by atoms with Crippen molar-refractivity contribution in [1.29, 1.82) is 0 Å². The first-order chi connectivity index (χ1) is 23.7. The van der Waals surface area contributed by atoms with Crippen molar-refractivity contribution in [3.05, 3.63) is 34.6 Å². The van der Waals surface area contributed by atoms with Gasteiger partial charge < -0.3 is 49.5 Å². The number of halogens is 5. The molecule has 0 spiro atoms. The van der Waals surface area contributed by atoms with Gasteiger partial charge in [0, 0.05) is 143 Å². The Hall–Kier alpha value is -1.61. The van der Waals surface area contributed by atoms with E-state index in [9.17, 15) is 22.0 Å². The highest BCUT2D eigenvalue weighted by Crippen LogP contribution is 2.22. The van der Waals surface area contributed by atoms with Crippen LogP contribution in [0.5, 0.6) is 0 Å². The lowest BCUT2D eigenvalue weighted by atomic mass is 10.1. The Morgan fingerprint density at radius 2 is 0.735 bits per heavy atom. The van der Waals surface area contributed by atoms with Crippen molar-refractivity contribution in [3.63, 3.8) is 0 Å². The fourth-order valence-corrected chi connectivity index (χ4v) is 5.43. The van der Waals surface area contributed by atoms with Gasteiger partial charge in [0.15, 0.2) is 23.3 Å². The molecule has 0 saturated heterocycles. The quantitative estimate of drug-likeness (QED) is 0.0190. The molecular weight excluding hydrogens is 647 g/mol. The number of rotatable bonds is 33. The predicted octanol–water partition coefficient (Wildman–Crippen LogP) is -1.18. The lowest BCUT2D eigenvalue weighted by molar-refractivity contribution is 0.174. The summed E-state index contributed by atoms with van der Waals surface area (Å²) in [5.74, 6) is -9.68. The fourth-order valence-electron chi connectivity index (χ4n) is 5.43. The number of nitrogens with zero attached hydrogens (tertiary/aromatic N) is 4. The Balaban J connectivity index is 2.72. The molecule has 0 radical (unpaired) electrons. The van der Waals surface area contributed by atoms with E-state index in [4.69, 9.17) is 28.7 Å². The Morgan fingerprint density at radius 1 is 0.347 bits per heavy atom. The highest BCUT2D eigenvalue weighted by molar-refractivity contribution is 5.23. The minimum Gasteiger partial charge on any atom is -0.330 e. The summed E-state index contributed by atoms with van der Waals surface area (Å²) in [6.45, 7) is 15.6. The van der Waals surface area contributed by atoms with Gasteiger partial charge in [0.25, 0.3) is 0 Å². The molecular formula is C32H65F5N12. The summed E-state index contributed by atoms with van der Waals surface area (Å²) in [7, 11) is 0. The van der Waals surface area contributed by atoms with Crippen molar-refractivity contribution >= 4 is 0 Å². The van der Waals surface area contributed by atoms with E-state index in [0.29, 0.717) is 52.4 Å². The average molecular weight is 713 g/mol. The topological polar surface area (TPSA) is 179 Å². The second-order valence-electron chi connectivity index (χ2n) is 12.1. The first-order valence-electron chi connectivity index (χ1n) is 17.8. The molecule has 13 N–H and O–H groups in total. The van der Waals surface area contributed by atoms with E-state index in [2.05, 4.69) is 35.6 Å². The zero-order valence-electron chi connectivity index (χ0n) is 29.5. The van der Waals surface area contributed by atoms with Crippen LogP contribution in [0.25, 0.3) is 0 Å². The van der Waals surface area contributed by atoms with E-state index in [1.807, 2.05) is 0 Å². The number of hydrogen-bond donors (Lipinski definition) is 8. The van der Waals surface area contributed by atoms with Crippen molar-refractivity contribution in [3.8, 4) is 0 Å². The molecule has 0 amide bonds. The van der Waals surface area contributed by atoms with Crippen molar-refractivity contribution in [2.75, 3.05) is 144 Å². The number of benzene rings is 1. The lowest BCUT2D eigenvalue weighted by Gasteiger charge is -2.30. The van der Waals surface area contributed by atoms with Crippen molar-refractivity contribution < 1.29 is 22.0 Å². The SMILES string of the molecule is NCCCCCN(CCN(CCN)CCNCc1c(F)c(F)c(F)c(F)c1F)CCN(CCNCCN)CCNCCN(CCN)CCN. The van der Waals surface area contributed by atoms with E-state index in [0.717, 1.165) is 104 Å². The van der Waals surface area contributed by atoms with Crippen molar-refractivity contribution in [2.45, 2.75) is 25.8 Å². The maximum absolute atomic E-state index is 14.1. The predicted molar refractivity (Wildman–Crippen MR) is 189 cm³/mol. The van der Waals surface area contributed by atoms with Crippen molar-refractivity contribution in [2.24, 2.45) is 28.7 Å². The van der Waals surface area contributed by atoms with E-state index < -0.39 is 41.2 Å². The molecule has 0 aliphatic heterocycles. The molecule has 0 aliphatic rings. The van der Waals surface area contributed by atoms with Gasteiger partial charge >= 0.3 is 0 Å². The molecule has 0 unspecified atom stereocenters. The maximum atomic E-state index is 14.1. The van der Waals surface area contributed by atoms with Gasteiger partial charge in [-0.15, -0.1) is 0 Å². The van der Waals surface area contributed by atoms with E-state index in [1.165, 1.54) is 0 Å². The van der Waals surface area contributed by atoms with Gasteiger partial charge in [0.2, 0.25) is 5.82 Å². The summed E-state index contributed by atoms with van der Waals surface area (Å²) in [5.41, 5.74) is 27.8. The summed E-state index contributed by atoms with van der Waals surface area (Å²) in [6.07, 6.45) is 3.04. The second-order valence-corrected chi connectivity index (χ2v) is 12.1. The molecule has 0 atom stereocenters. The molecule has 17 heteroatoms. The number of nitrogens with one attached hydrogen (secondary N) is 3. The molecule has 1 aromatic carbocycles. The van der Waals surface area contributed by atoms with Crippen LogP contribution in [-0.4, -0.2) is 164 Å². The third kappa shape index (κ3) is 19.5. The highest BCUT2D eigenvalue weighted by atomic mass is 19.2. The van der Waals surface area contributed by atoms with Crippen LogP contribution < -0.4 is 44.6 Å². The minimum absolute atomic E-state index is 0.281. The zero-order chi connectivity index (χ0) is 36.3. The average Bonchev–Trinajstić information content (AvgIpc) is 3.09. The summed E-state index contributed by atoms with van der Waals surface area (Å²) < 4.78 is 68.7. The minimum atomic E-state index is -2.16. The van der Waals surface area contributed by atoms with Gasteiger partial charge in [0.1, 0.15) is 0 Å². The molecule has 288 valence electrons. The maximum Gasteiger partial charge on any atom is 0.200 e. The Kier molecular flexibility index (Phi) is 26.9. The number of unbranched alkanes of at least 4 members (excludes halogenated alkanes) is 2. The second kappa shape index (κ2) is 29.0. The number of nitrogens with two attached hydrogens (primary N) is 5.